The first-order valence-corrected chi connectivity index (χ1v) is 13.9. The minimum Gasteiger partial charge on any atom is -0.497 e. The second-order valence-electron chi connectivity index (χ2n) is 7.74. The Bertz CT molecular complexity index is 1660. The molecule has 13 heteroatoms. The molecule has 0 aliphatic carbocycles. The Morgan fingerprint density at radius 1 is 0.816 bits per heavy atom. The summed E-state index contributed by atoms with van der Waals surface area (Å²) >= 11 is 0. The number of carbonyl (C=O) groups excluding carboxylic acids is 1. The molecule has 1 heterocycles. The summed E-state index contributed by atoms with van der Waals surface area (Å²) in [4.78, 5) is 15.1. The van der Waals surface area contributed by atoms with Gasteiger partial charge in [-0.25, -0.2) is 26.1 Å². The van der Waals surface area contributed by atoms with Crippen LogP contribution in [0.15, 0.2) is 88.8 Å². The number of benzene rings is 3. The fraction of sp³-hybridized carbons (Fsp3) is 0.120. The Morgan fingerprint density at radius 2 is 1.37 bits per heavy atom. The van der Waals surface area contributed by atoms with Crippen LogP contribution in [-0.4, -0.2) is 49.2 Å². The van der Waals surface area contributed by atoms with Crippen LogP contribution in [0.3, 0.4) is 0 Å². The predicted octanol–water partition coefficient (Wildman–Crippen LogP) is 3.38. The lowest BCUT2D eigenvalue weighted by molar-refractivity contribution is -0.128. The molecule has 1 N–H and O–H groups in total. The van der Waals surface area contributed by atoms with Crippen molar-refractivity contribution in [2.24, 2.45) is 0 Å². The molecule has 0 spiro atoms. The number of sulfonamides is 2. The molecule has 38 heavy (non-hydrogen) atoms. The van der Waals surface area contributed by atoms with E-state index in [1.54, 1.807) is 24.3 Å². The Balaban J connectivity index is 1.79. The molecular weight excluding hydrogens is 534 g/mol. The van der Waals surface area contributed by atoms with Gasteiger partial charge < -0.3 is 14.2 Å². The molecule has 0 aliphatic heterocycles. The smallest absolute Gasteiger partial charge is 0.294 e. The summed E-state index contributed by atoms with van der Waals surface area (Å²) in [5.41, 5.74) is 0.123. The Hall–Kier alpha value is -4.36. The van der Waals surface area contributed by atoms with Crippen molar-refractivity contribution in [2.45, 2.75) is 9.79 Å². The molecule has 0 saturated carbocycles. The van der Waals surface area contributed by atoms with Gasteiger partial charge in [0.25, 0.3) is 26.5 Å². The molecule has 3 aromatic carbocycles. The van der Waals surface area contributed by atoms with Gasteiger partial charge in [-0.2, -0.15) is 0 Å². The van der Waals surface area contributed by atoms with Gasteiger partial charge in [0.2, 0.25) is 0 Å². The van der Waals surface area contributed by atoms with Crippen LogP contribution >= 0.6 is 0 Å². The normalized spacial score (nSPS) is 11.5. The van der Waals surface area contributed by atoms with E-state index >= 15 is 0 Å². The molecule has 0 fully saturated rings. The molecule has 0 amide bonds. The quantitative estimate of drug-likeness (QED) is 0.217. The summed E-state index contributed by atoms with van der Waals surface area (Å²) in [5, 5.41) is 0.671. The predicted molar refractivity (Wildman–Crippen MR) is 140 cm³/mol. The minimum atomic E-state index is -4.26. The monoisotopic (exact) mass is 557 g/mol. The SMILES string of the molecule is COc1ccc(S(=O)(=O)Nc2cnc(N(COC=O)S(=O)(=O)c3ccc(OC)cc3)c3ccccc23)cc1. The van der Waals surface area contributed by atoms with Crippen LogP contribution in [-0.2, 0) is 29.6 Å². The van der Waals surface area contributed by atoms with Crippen LogP contribution in [0.25, 0.3) is 10.8 Å². The second-order valence-corrected chi connectivity index (χ2v) is 11.3. The third kappa shape index (κ3) is 5.33. The Kier molecular flexibility index (Phi) is 7.69. The number of anilines is 2. The van der Waals surface area contributed by atoms with E-state index in [1.807, 2.05) is 0 Å². The van der Waals surface area contributed by atoms with Crippen LogP contribution in [0.2, 0.25) is 0 Å². The highest BCUT2D eigenvalue weighted by Gasteiger charge is 2.29. The maximum absolute atomic E-state index is 13.6. The third-order valence-electron chi connectivity index (χ3n) is 5.53. The number of hydrogen-bond acceptors (Lipinski definition) is 9. The van der Waals surface area contributed by atoms with Gasteiger partial charge in [-0.05, 0) is 48.5 Å². The molecule has 4 rings (SSSR count). The van der Waals surface area contributed by atoms with E-state index in [0.29, 0.717) is 22.3 Å². The van der Waals surface area contributed by atoms with Gasteiger partial charge in [0.15, 0.2) is 12.5 Å². The lowest BCUT2D eigenvalue weighted by Gasteiger charge is -2.24. The molecule has 0 radical (unpaired) electrons. The van der Waals surface area contributed by atoms with Crippen LogP contribution in [0.5, 0.6) is 11.5 Å². The first-order chi connectivity index (χ1) is 18.2. The van der Waals surface area contributed by atoms with Gasteiger partial charge in [0.05, 0.1) is 35.9 Å². The first kappa shape index (κ1) is 26.7. The van der Waals surface area contributed by atoms with E-state index < -0.39 is 26.8 Å². The maximum Gasteiger partial charge on any atom is 0.294 e. The summed E-state index contributed by atoms with van der Waals surface area (Å²) < 4.78 is 71.5. The minimum absolute atomic E-state index is 0.00505. The average Bonchev–Trinajstić information content (AvgIpc) is 2.94. The molecule has 0 aliphatic rings. The summed E-state index contributed by atoms with van der Waals surface area (Å²) in [6.07, 6.45) is 1.20. The van der Waals surface area contributed by atoms with Crippen molar-refractivity contribution < 1.29 is 35.8 Å². The summed E-state index contributed by atoms with van der Waals surface area (Å²) in [5.74, 6) is 0.887. The molecular formula is C25H23N3O8S2. The van der Waals surface area contributed by atoms with Crippen LogP contribution in [0.1, 0.15) is 0 Å². The standard InChI is InChI=1S/C25H23N3O8S2/c1-34-18-7-11-20(12-8-18)37(30,31)27-24-15-26-25(23-6-4-3-5-22(23)24)28(16-36-17-29)38(32,33)21-13-9-19(35-2)10-14-21/h3-15,17,27H,16H2,1-2H3. The van der Waals surface area contributed by atoms with Gasteiger partial charge in [-0.3, -0.25) is 9.52 Å². The zero-order valence-corrected chi connectivity index (χ0v) is 21.9. The lowest BCUT2D eigenvalue weighted by atomic mass is 10.1. The molecule has 0 unspecified atom stereocenters. The summed E-state index contributed by atoms with van der Waals surface area (Å²) in [6.45, 7) is -0.540. The largest absolute Gasteiger partial charge is 0.497 e. The number of fused-ring (bicyclic) bond motifs is 1. The van der Waals surface area contributed by atoms with Gasteiger partial charge in [-0.15, -0.1) is 0 Å². The molecule has 0 atom stereocenters. The van der Waals surface area contributed by atoms with Crippen LogP contribution < -0.4 is 18.5 Å². The van der Waals surface area contributed by atoms with E-state index in [0.717, 1.165) is 4.31 Å². The van der Waals surface area contributed by atoms with Gasteiger partial charge in [0.1, 0.15) is 11.5 Å². The number of hydrogen-bond donors (Lipinski definition) is 1. The zero-order chi connectivity index (χ0) is 27.3. The number of carbonyl (C=O) groups is 1. The van der Waals surface area contributed by atoms with Gasteiger partial charge >= 0.3 is 0 Å². The Morgan fingerprint density at radius 3 is 1.92 bits per heavy atom. The highest BCUT2D eigenvalue weighted by molar-refractivity contribution is 7.93. The zero-order valence-electron chi connectivity index (χ0n) is 20.3. The third-order valence-corrected chi connectivity index (χ3v) is 8.64. The van der Waals surface area contributed by atoms with E-state index in [9.17, 15) is 21.6 Å². The van der Waals surface area contributed by atoms with Crippen molar-refractivity contribution in [1.29, 1.82) is 0 Å². The van der Waals surface area contributed by atoms with Gasteiger partial charge in [0, 0.05) is 10.8 Å². The second kappa shape index (κ2) is 10.9. The first-order valence-electron chi connectivity index (χ1n) is 11.0. The number of methoxy groups -OCH3 is 2. The van der Waals surface area contributed by atoms with Crippen LogP contribution in [0.4, 0.5) is 11.5 Å². The number of pyridine rings is 1. The molecule has 198 valence electrons. The van der Waals surface area contributed by atoms with E-state index in [-0.39, 0.29) is 27.8 Å². The van der Waals surface area contributed by atoms with E-state index in [4.69, 9.17) is 14.2 Å². The topological polar surface area (TPSA) is 141 Å². The van der Waals surface area contributed by atoms with Crippen molar-refractivity contribution >= 4 is 48.8 Å². The van der Waals surface area contributed by atoms with Crippen LogP contribution in [0, 0.1) is 0 Å². The van der Waals surface area contributed by atoms with Gasteiger partial charge in [-0.1, -0.05) is 24.3 Å². The number of ether oxygens (including phenoxy) is 3. The fourth-order valence-corrected chi connectivity index (χ4v) is 6.01. The Labute approximate surface area is 219 Å². The van der Waals surface area contributed by atoms with Crippen molar-refractivity contribution in [1.82, 2.24) is 4.98 Å². The number of aromatic nitrogens is 1. The number of rotatable bonds is 11. The fourth-order valence-electron chi connectivity index (χ4n) is 3.63. The number of nitrogens with zero attached hydrogens (tertiary/aromatic N) is 2. The van der Waals surface area contributed by atoms with Crippen molar-refractivity contribution in [3.8, 4) is 11.5 Å². The van der Waals surface area contributed by atoms with Crippen molar-refractivity contribution in [3.63, 3.8) is 0 Å². The number of nitrogens with one attached hydrogen (secondary N) is 1. The summed E-state index contributed by atoms with van der Waals surface area (Å²) in [7, 11) is -5.35. The molecule has 1 aromatic heterocycles. The van der Waals surface area contributed by atoms with Crippen molar-refractivity contribution in [3.05, 3.63) is 79.0 Å². The highest BCUT2D eigenvalue weighted by atomic mass is 32.2. The average molecular weight is 558 g/mol. The maximum atomic E-state index is 13.6. The molecule has 0 saturated heterocycles. The highest BCUT2D eigenvalue weighted by Crippen LogP contribution is 2.34. The van der Waals surface area contributed by atoms with E-state index in [1.165, 1.54) is 68.9 Å². The molecule has 11 nitrogen and oxygen atoms in total. The summed E-state index contributed by atoms with van der Waals surface area (Å²) in [6, 6.07) is 18.0. The van der Waals surface area contributed by atoms with Crippen molar-refractivity contribution in [2.75, 3.05) is 30.0 Å². The molecule has 0 bridgehead atoms. The lowest BCUT2D eigenvalue weighted by Crippen LogP contribution is -2.34. The van der Waals surface area contributed by atoms with E-state index in [2.05, 4.69) is 9.71 Å². The molecule has 4 aromatic rings.